The molecule has 2 N–H and O–H groups in total. The average Bonchev–Trinajstić information content (AvgIpc) is 2.24. The van der Waals surface area contributed by atoms with Crippen molar-refractivity contribution >= 4 is 16.0 Å². The molecule has 0 unspecified atom stereocenters. The Labute approximate surface area is 99.5 Å². The average molecular weight is 255 g/mol. The van der Waals surface area contributed by atoms with Crippen LogP contribution in [0.25, 0.3) is 0 Å². The van der Waals surface area contributed by atoms with Crippen LogP contribution in [-0.4, -0.2) is 25.0 Å². The van der Waals surface area contributed by atoms with E-state index >= 15 is 0 Å². The fraction of sp³-hybridized carbons (Fsp3) is 0.364. The third-order valence-electron chi connectivity index (χ3n) is 3.00. The highest BCUT2D eigenvalue weighted by Gasteiger charge is 2.47. The summed E-state index contributed by atoms with van der Waals surface area (Å²) in [7, 11) is -3.75. The van der Waals surface area contributed by atoms with Crippen LogP contribution in [-0.2, 0) is 14.8 Å². The van der Waals surface area contributed by atoms with Crippen molar-refractivity contribution in [3.05, 3.63) is 30.3 Å². The van der Waals surface area contributed by atoms with E-state index in [4.69, 9.17) is 5.11 Å². The summed E-state index contributed by atoms with van der Waals surface area (Å²) in [6.07, 6.45) is 1.41. The van der Waals surface area contributed by atoms with Crippen LogP contribution >= 0.6 is 0 Å². The van der Waals surface area contributed by atoms with E-state index in [1.165, 1.54) is 12.1 Å². The van der Waals surface area contributed by atoms with Crippen LogP contribution < -0.4 is 4.72 Å². The van der Waals surface area contributed by atoms with Gasteiger partial charge in [-0.3, -0.25) is 4.79 Å². The topological polar surface area (TPSA) is 83.5 Å². The monoisotopic (exact) mass is 255 g/mol. The summed E-state index contributed by atoms with van der Waals surface area (Å²) in [5.74, 6) is -1.11. The zero-order valence-corrected chi connectivity index (χ0v) is 9.90. The van der Waals surface area contributed by atoms with Gasteiger partial charge in [0.15, 0.2) is 0 Å². The molecule has 0 saturated heterocycles. The largest absolute Gasteiger partial charge is 0.480 e. The van der Waals surface area contributed by atoms with Gasteiger partial charge in [-0.05, 0) is 31.4 Å². The number of hydrogen-bond acceptors (Lipinski definition) is 3. The molecule has 5 nitrogen and oxygen atoms in total. The van der Waals surface area contributed by atoms with Crippen LogP contribution in [0.2, 0.25) is 0 Å². The number of sulfonamides is 1. The van der Waals surface area contributed by atoms with Crippen molar-refractivity contribution in [3.8, 4) is 0 Å². The second kappa shape index (κ2) is 4.12. The highest BCUT2D eigenvalue weighted by Crippen LogP contribution is 2.33. The Morgan fingerprint density at radius 1 is 1.24 bits per heavy atom. The molecule has 1 aliphatic rings. The van der Waals surface area contributed by atoms with Crippen molar-refractivity contribution in [2.45, 2.75) is 29.7 Å². The molecule has 0 aromatic heterocycles. The second-order valence-corrected chi connectivity index (χ2v) is 5.84. The molecule has 0 amide bonds. The molecule has 17 heavy (non-hydrogen) atoms. The Morgan fingerprint density at radius 2 is 1.82 bits per heavy atom. The molecule has 2 rings (SSSR count). The van der Waals surface area contributed by atoms with Crippen molar-refractivity contribution in [2.75, 3.05) is 0 Å². The first kappa shape index (κ1) is 12.1. The Hall–Kier alpha value is -1.40. The lowest BCUT2D eigenvalue weighted by atomic mass is 9.78. The number of rotatable bonds is 4. The maximum Gasteiger partial charge on any atom is 0.324 e. The minimum atomic E-state index is -3.75. The second-order valence-electron chi connectivity index (χ2n) is 4.16. The summed E-state index contributed by atoms with van der Waals surface area (Å²) >= 11 is 0. The van der Waals surface area contributed by atoms with Gasteiger partial charge >= 0.3 is 5.97 Å². The molecule has 0 radical (unpaired) electrons. The number of carbonyl (C=O) groups is 1. The van der Waals surface area contributed by atoms with Crippen molar-refractivity contribution < 1.29 is 18.3 Å². The first-order chi connectivity index (χ1) is 7.96. The first-order valence-corrected chi connectivity index (χ1v) is 6.77. The summed E-state index contributed by atoms with van der Waals surface area (Å²) in [6.45, 7) is 0. The Balaban J connectivity index is 2.27. The number of carboxylic acids is 1. The van der Waals surface area contributed by atoms with Gasteiger partial charge in [-0.1, -0.05) is 18.2 Å². The third-order valence-corrected chi connectivity index (χ3v) is 4.55. The molecule has 1 aliphatic carbocycles. The number of carboxylic acid groups (broad SMARTS) is 1. The van der Waals surface area contributed by atoms with Gasteiger partial charge in [0, 0.05) is 0 Å². The fourth-order valence-electron chi connectivity index (χ4n) is 1.81. The number of aliphatic carboxylic acids is 1. The maximum absolute atomic E-state index is 12.0. The molecular formula is C11H13NO4S. The van der Waals surface area contributed by atoms with Crippen LogP contribution in [0, 0.1) is 0 Å². The van der Waals surface area contributed by atoms with Gasteiger partial charge in [-0.2, -0.15) is 4.72 Å². The lowest BCUT2D eigenvalue weighted by molar-refractivity contribution is -0.147. The molecule has 0 heterocycles. The molecule has 0 atom stereocenters. The van der Waals surface area contributed by atoms with Crippen LogP contribution in [0.3, 0.4) is 0 Å². The van der Waals surface area contributed by atoms with Crippen molar-refractivity contribution in [1.82, 2.24) is 4.72 Å². The van der Waals surface area contributed by atoms with Gasteiger partial charge in [-0.15, -0.1) is 0 Å². The quantitative estimate of drug-likeness (QED) is 0.839. The number of hydrogen-bond donors (Lipinski definition) is 2. The van der Waals surface area contributed by atoms with Crippen LogP contribution in [0.4, 0.5) is 0 Å². The molecule has 1 saturated carbocycles. The predicted molar refractivity (Wildman–Crippen MR) is 61.0 cm³/mol. The van der Waals surface area contributed by atoms with E-state index in [1.807, 2.05) is 0 Å². The molecule has 92 valence electrons. The van der Waals surface area contributed by atoms with Crippen molar-refractivity contribution in [1.29, 1.82) is 0 Å². The van der Waals surface area contributed by atoms with Gasteiger partial charge in [0.1, 0.15) is 5.54 Å². The lowest BCUT2D eigenvalue weighted by Gasteiger charge is -2.37. The van der Waals surface area contributed by atoms with Gasteiger partial charge < -0.3 is 5.11 Å². The summed E-state index contributed by atoms with van der Waals surface area (Å²) in [5, 5.41) is 9.07. The molecule has 1 aromatic rings. The lowest BCUT2D eigenvalue weighted by Crippen LogP contribution is -2.58. The highest BCUT2D eigenvalue weighted by molar-refractivity contribution is 7.89. The smallest absolute Gasteiger partial charge is 0.324 e. The molecule has 1 fully saturated rings. The van der Waals surface area contributed by atoms with Gasteiger partial charge in [-0.25, -0.2) is 8.42 Å². The van der Waals surface area contributed by atoms with Crippen LogP contribution in [0.1, 0.15) is 19.3 Å². The summed E-state index contributed by atoms with van der Waals surface area (Å²) in [4.78, 5) is 11.2. The van der Waals surface area contributed by atoms with E-state index in [0.717, 1.165) is 6.42 Å². The van der Waals surface area contributed by atoms with E-state index in [-0.39, 0.29) is 4.90 Å². The van der Waals surface area contributed by atoms with E-state index in [9.17, 15) is 13.2 Å². The normalized spacial score (nSPS) is 18.4. The molecule has 0 aliphatic heterocycles. The van der Waals surface area contributed by atoms with E-state index < -0.39 is 21.5 Å². The van der Waals surface area contributed by atoms with Gasteiger partial charge in [0.05, 0.1) is 4.90 Å². The highest BCUT2D eigenvalue weighted by atomic mass is 32.2. The zero-order chi connectivity index (χ0) is 12.5. The Kier molecular flexibility index (Phi) is 2.92. The van der Waals surface area contributed by atoms with E-state index in [0.29, 0.717) is 12.8 Å². The zero-order valence-electron chi connectivity index (χ0n) is 9.09. The summed E-state index contributed by atoms with van der Waals surface area (Å²) < 4.78 is 26.2. The van der Waals surface area contributed by atoms with E-state index in [2.05, 4.69) is 4.72 Å². The van der Waals surface area contributed by atoms with Gasteiger partial charge in [0.25, 0.3) is 0 Å². The molecule has 1 aromatic carbocycles. The minimum Gasteiger partial charge on any atom is -0.480 e. The summed E-state index contributed by atoms with van der Waals surface area (Å²) in [6, 6.07) is 7.79. The van der Waals surface area contributed by atoms with Crippen LogP contribution in [0.5, 0.6) is 0 Å². The van der Waals surface area contributed by atoms with Crippen molar-refractivity contribution in [2.24, 2.45) is 0 Å². The Morgan fingerprint density at radius 3 is 2.24 bits per heavy atom. The Bertz CT molecular complexity index is 520. The molecule has 0 bridgehead atoms. The minimum absolute atomic E-state index is 0.0903. The van der Waals surface area contributed by atoms with E-state index in [1.54, 1.807) is 18.2 Å². The maximum atomic E-state index is 12.0. The molecular weight excluding hydrogens is 242 g/mol. The van der Waals surface area contributed by atoms with Gasteiger partial charge in [0.2, 0.25) is 10.0 Å². The molecule has 6 heteroatoms. The SMILES string of the molecule is O=C(O)C1(NS(=O)(=O)c2ccccc2)CCC1. The number of nitrogens with one attached hydrogen (secondary N) is 1. The molecule has 0 spiro atoms. The third kappa shape index (κ3) is 2.18. The van der Waals surface area contributed by atoms with Crippen LogP contribution in [0.15, 0.2) is 35.2 Å². The predicted octanol–water partition coefficient (Wildman–Crippen LogP) is 0.972. The van der Waals surface area contributed by atoms with Crippen molar-refractivity contribution in [3.63, 3.8) is 0 Å². The number of benzene rings is 1. The standard InChI is InChI=1S/C11H13NO4S/c13-10(14)11(7-4-8-11)12-17(15,16)9-5-2-1-3-6-9/h1-3,5-6,12H,4,7-8H2,(H,13,14). The summed E-state index contributed by atoms with van der Waals surface area (Å²) in [5.41, 5.74) is -1.31. The first-order valence-electron chi connectivity index (χ1n) is 5.29. The fourth-order valence-corrected chi connectivity index (χ4v) is 3.24.